The van der Waals surface area contributed by atoms with Crippen molar-refractivity contribution in [3.63, 3.8) is 0 Å². The van der Waals surface area contributed by atoms with Crippen LogP contribution in [0.25, 0.3) is 32.6 Å². The molecule has 0 bridgehead atoms. The topological polar surface area (TPSA) is 169 Å². The van der Waals surface area contributed by atoms with Crippen LogP contribution in [0.5, 0.6) is 0 Å². The summed E-state index contributed by atoms with van der Waals surface area (Å²) in [6.45, 7) is 28.3. The Morgan fingerprint density at radius 1 is 0.922 bits per heavy atom. The Balaban J connectivity index is 1.90. The molecule has 3 heterocycles. The summed E-state index contributed by atoms with van der Waals surface area (Å²) >= 11 is 0.755. The molecule has 1 aromatic carbocycles. The van der Waals surface area contributed by atoms with E-state index in [1.54, 1.807) is 66.7 Å². The molecule has 14 nitrogen and oxygen atoms in total. The highest BCUT2D eigenvalue weighted by Crippen LogP contribution is 2.55. The number of amides is 2. The van der Waals surface area contributed by atoms with E-state index in [1.807, 2.05) is 25.3 Å². The van der Waals surface area contributed by atoms with Crippen molar-refractivity contribution < 1.29 is 50.1 Å². The van der Waals surface area contributed by atoms with E-state index in [0.717, 1.165) is 16.7 Å². The number of benzene rings is 1. The number of alkyl halides is 3. The van der Waals surface area contributed by atoms with E-state index in [9.17, 15) is 32.1 Å². The predicted octanol–water partition coefficient (Wildman–Crippen LogP) is 11.9. The van der Waals surface area contributed by atoms with Gasteiger partial charge in [0.1, 0.15) is 23.0 Å². The van der Waals surface area contributed by atoms with Crippen LogP contribution in [0.3, 0.4) is 0 Å². The summed E-state index contributed by atoms with van der Waals surface area (Å²) < 4.78 is 86.1. The molecule has 0 saturated heterocycles. The van der Waals surface area contributed by atoms with Crippen molar-refractivity contribution in [1.29, 1.82) is 0 Å². The summed E-state index contributed by atoms with van der Waals surface area (Å²) in [5.74, 6) is -0.937. The lowest BCUT2D eigenvalue weighted by Crippen LogP contribution is -2.43. The normalized spacial score (nSPS) is 13.8. The van der Waals surface area contributed by atoms with Crippen molar-refractivity contribution in [2.45, 2.75) is 132 Å². The fourth-order valence-corrected chi connectivity index (χ4v) is 9.71. The average molecular weight is 954 g/mol. The monoisotopic (exact) mass is 953 g/mol. The number of ether oxygens (including phenoxy) is 1. The summed E-state index contributed by atoms with van der Waals surface area (Å²) in [4.78, 5) is 49.3. The smallest absolute Gasteiger partial charge is 0.459 e. The zero-order valence-corrected chi connectivity index (χ0v) is 42.2. The SMILES string of the molecule is CCNC(=O)Nc1cc(-c2nc(C(F)(F)F)cs2)c(-c2ccc3c(c2)c(=O)c(C(=O)OCCOP(=O)(OC(C)(C)C)OC(C)(C)C)cn3C(CO[Si](C)(C)C(C)(C)C)C(C)(C)C)cn1. The molecule has 0 radical (unpaired) electrons. The van der Waals surface area contributed by atoms with Gasteiger partial charge in [0.05, 0.1) is 36.0 Å². The van der Waals surface area contributed by atoms with Crippen LogP contribution in [0.2, 0.25) is 18.1 Å². The van der Waals surface area contributed by atoms with Gasteiger partial charge in [-0.2, -0.15) is 13.2 Å². The summed E-state index contributed by atoms with van der Waals surface area (Å²) in [7, 11) is -6.47. The number of carbonyl (C=O) groups excluding carboxylic acids is 2. The maximum absolute atomic E-state index is 14.6. The first-order valence-corrected chi connectivity index (χ1v) is 26.1. The molecule has 0 aliphatic carbocycles. The summed E-state index contributed by atoms with van der Waals surface area (Å²) in [5.41, 5.74) is -3.09. The fraction of sp³-hybridized carbons (Fsp3) is 0.568. The van der Waals surface area contributed by atoms with Crippen molar-refractivity contribution in [2.24, 2.45) is 5.41 Å². The first kappa shape index (κ1) is 52.6. The van der Waals surface area contributed by atoms with E-state index in [-0.39, 0.29) is 45.6 Å². The molecule has 3 aromatic heterocycles. The van der Waals surface area contributed by atoms with E-state index in [1.165, 1.54) is 18.5 Å². The van der Waals surface area contributed by atoms with E-state index in [4.69, 9.17) is 22.7 Å². The van der Waals surface area contributed by atoms with Crippen LogP contribution in [0.15, 0.2) is 46.8 Å². The Hall–Kier alpha value is -3.97. The summed E-state index contributed by atoms with van der Waals surface area (Å²) in [6.07, 6.45) is -1.88. The molecule has 0 aliphatic heterocycles. The molecular weight excluding hydrogens is 891 g/mol. The van der Waals surface area contributed by atoms with Gasteiger partial charge in [0.25, 0.3) is 0 Å². The van der Waals surface area contributed by atoms with Gasteiger partial charge >= 0.3 is 26.0 Å². The molecule has 20 heteroatoms. The number of halogens is 3. The first-order chi connectivity index (χ1) is 29.1. The van der Waals surface area contributed by atoms with Crippen LogP contribution in [0, 0.1) is 5.41 Å². The largest absolute Gasteiger partial charge is 0.475 e. The molecule has 64 heavy (non-hydrogen) atoms. The van der Waals surface area contributed by atoms with Crippen LogP contribution >= 0.6 is 19.2 Å². The number of thiazole rings is 1. The summed E-state index contributed by atoms with van der Waals surface area (Å²) in [6, 6.07) is 5.35. The number of hydrogen-bond acceptors (Lipinski definition) is 12. The van der Waals surface area contributed by atoms with Crippen LogP contribution in [0.1, 0.15) is 112 Å². The first-order valence-electron chi connectivity index (χ1n) is 20.9. The predicted molar refractivity (Wildman–Crippen MR) is 247 cm³/mol. The van der Waals surface area contributed by atoms with Crippen molar-refractivity contribution in [3.05, 3.63) is 63.5 Å². The van der Waals surface area contributed by atoms with Gasteiger partial charge < -0.3 is 19.0 Å². The van der Waals surface area contributed by atoms with Gasteiger partial charge in [-0.25, -0.2) is 24.1 Å². The van der Waals surface area contributed by atoms with Gasteiger partial charge in [0.15, 0.2) is 14.0 Å². The minimum absolute atomic E-state index is 0.0124. The number of carbonyl (C=O) groups is 2. The molecule has 4 rings (SSSR count). The number of aromatic nitrogens is 3. The van der Waals surface area contributed by atoms with E-state index in [2.05, 4.69) is 54.5 Å². The molecule has 0 fully saturated rings. The maximum Gasteiger partial charge on any atom is 0.475 e. The van der Waals surface area contributed by atoms with Gasteiger partial charge in [-0.3, -0.25) is 23.7 Å². The molecule has 1 unspecified atom stereocenters. The van der Waals surface area contributed by atoms with Crippen molar-refractivity contribution in [2.75, 3.05) is 31.7 Å². The number of hydrogen-bond donors (Lipinski definition) is 2. The number of anilines is 1. The van der Waals surface area contributed by atoms with Gasteiger partial charge in [0, 0.05) is 40.8 Å². The number of phosphoric ester groups is 1. The minimum Gasteiger partial charge on any atom is -0.459 e. The molecule has 0 aliphatic rings. The lowest BCUT2D eigenvalue weighted by atomic mass is 9.86. The number of pyridine rings is 2. The highest BCUT2D eigenvalue weighted by molar-refractivity contribution is 7.48. The Morgan fingerprint density at radius 3 is 2.08 bits per heavy atom. The van der Waals surface area contributed by atoms with Crippen LogP contribution in [-0.4, -0.2) is 72.4 Å². The average Bonchev–Trinajstić information content (AvgIpc) is 3.63. The van der Waals surface area contributed by atoms with Crippen molar-refractivity contribution in [1.82, 2.24) is 19.9 Å². The standard InChI is InChI=1S/C44H63F3N5O9PSSi/c1-16-48-39(55)51-35-22-28(37-50-33(26-63-37)44(45,46)47)30(23-49-35)27-17-18-32-29(21-27)36(53)31(24-52(32)34(40(2,3)4)25-59-64(14,15)43(11,12)13)38(54)57-19-20-58-62(56,60-41(5,6)7)61-42(8,9)10/h17-18,21-24,26,34H,16,19-20,25H2,1-15H3,(H2,48,49,51,55). The molecule has 354 valence electrons. The fourth-order valence-electron chi connectivity index (χ4n) is 6.06. The minimum atomic E-state index is -4.72. The lowest BCUT2D eigenvalue weighted by molar-refractivity contribution is -0.140. The van der Waals surface area contributed by atoms with Gasteiger partial charge in [0.2, 0.25) is 5.43 Å². The number of phosphoric acid groups is 1. The highest BCUT2D eigenvalue weighted by Gasteiger charge is 2.40. The van der Waals surface area contributed by atoms with Crippen molar-refractivity contribution >= 4 is 56.2 Å². The molecule has 2 N–H and O–H groups in total. The zero-order chi connectivity index (χ0) is 48.4. The molecule has 1 atom stereocenters. The van der Waals surface area contributed by atoms with Gasteiger partial charge in [-0.05, 0) is 95.8 Å². The number of nitrogens with one attached hydrogen (secondary N) is 2. The van der Waals surface area contributed by atoms with Gasteiger partial charge in [-0.1, -0.05) is 47.6 Å². The number of rotatable bonds is 15. The maximum atomic E-state index is 14.6. The van der Waals surface area contributed by atoms with Crippen molar-refractivity contribution in [3.8, 4) is 21.7 Å². The van der Waals surface area contributed by atoms with Crippen LogP contribution in [0.4, 0.5) is 23.8 Å². The van der Waals surface area contributed by atoms with E-state index in [0.29, 0.717) is 23.2 Å². The lowest BCUT2D eigenvalue weighted by Gasteiger charge is -2.40. The molecule has 4 aromatic rings. The Kier molecular flexibility index (Phi) is 16.0. The van der Waals surface area contributed by atoms with Crippen LogP contribution in [-0.2, 0) is 33.5 Å². The molecule has 2 amide bonds. The number of fused-ring (bicyclic) bond motifs is 1. The second-order valence-corrected chi connectivity index (χ2v) is 27.1. The van der Waals surface area contributed by atoms with E-state index >= 15 is 0 Å². The third-order valence-electron chi connectivity index (χ3n) is 10.2. The molecular formula is C44H63F3N5O9PSSi. The molecule has 0 spiro atoms. The Morgan fingerprint density at radius 2 is 1.55 bits per heavy atom. The highest BCUT2D eigenvalue weighted by atomic mass is 32.1. The number of esters is 1. The zero-order valence-electron chi connectivity index (χ0n) is 39.5. The number of urea groups is 1. The second-order valence-electron chi connectivity index (χ2n) is 19.9. The quantitative estimate of drug-likeness (QED) is 0.0503. The molecule has 0 saturated carbocycles. The van der Waals surface area contributed by atoms with E-state index < -0.39 is 74.7 Å². The van der Waals surface area contributed by atoms with Crippen LogP contribution < -0.4 is 16.1 Å². The third kappa shape index (κ3) is 13.8. The summed E-state index contributed by atoms with van der Waals surface area (Å²) in [5, 5.41) is 6.02. The Bertz CT molecular complexity index is 2410. The Labute approximate surface area is 378 Å². The second kappa shape index (κ2) is 19.5. The van der Waals surface area contributed by atoms with Gasteiger partial charge in [-0.15, -0.1) is 11.3 Å². The third-order valence-corrected chi connectivity index (χ3v) is 17.6. The number of nitrogens with zero attached hydrogens (tertiary/aromatic N) is 3.